The Morgan fingerprint density at radius 2 is 2.00 bits per heavy atom. The topological polar surface area (TPSA) is 48.0 Å². The molecule has 1 aromatic heterocycles. The van der Waals surface area contributed by atoms with E-state index in [1.165, 1.54) is 5.56 Å². The molecule has 0 fully saturated rings. The summed E-state index contributed by atoms with van der Waals surface area (Å²) in [5, 5.41) is 0. The van der Waals surface area contributed by atoms with Gasteiger partial charge in [-0.3, -0.25) is 9.36 Å². The smallest absolute Gasteiger partial charge is 0.261 e. The third kappa shape index (κ3) is 2.29. The molecule has 0 spiro atoms. The quantitative estimate of drug-likeness (QED) is 0.857. The van der Waals surface area contributed by atoms with E-state index in [2.05, 4.69) is 0 Å². The average Bonchev–Trinajstić information content (AvgIpc) is 2.80. The number of nitrogens with two attached hydrogens (primary N) is 1. The Labute approximate surface area is 101 Å². The highest BCUT2D eigenvalue weighted by Crippen LogP contribution is 2.12. The molecule has 88 valence electrons. The zero-order valence-electron chi connectivity index (χ0n) is 10.1. The molecule has 3 nitrogen and oxygen atoms in total. The number of hydrogen-bond acceptors (Lipinski definition) is 2. The van der Waals surface area contributed by atoms with Crippen molar-refractivity contribution in [1.29, 1.82) is 0 Å². The van der Waals surface area contributed by atoms with Crippen molar-refractivity contribution in [2.45, 2.75) is 20.4 Å². The van der Waals surface area contributed by atoms with Crippen molar-refractivity contribution in [3.8, 4) is 0 Å². The summed E-state index contributed by atoms with van der Waals surface area (Å²) in [7, 11) is 0. The van der Waals surface area contributed by atoms with Gasteiger partial charge in [-0.1, -0.05) is 6.07 Å². The first kappa shape index (κ1) is 11.6. The van der Waals surface area contributed by atoms with Gasteiger partial charge < -0.3 is 5.73 Å². The molecule has 0 aliphatic rings. The number of nitrogens with zero attached hydrogens (tertiary/aromatic N) is 1. The lowest BCUT2D eigenvalue weighted by atomic mass is 10.1. The van der Waals surface area contributed by atoms with Crippen LogP contribution in [0.4, 0.5) is 0 Å². The van der Waals surface area contributed by atoms with E-state index in [9.17, 15) is 4.79 Å². The monoisotopic (exact) mass is 228 g/mol. The van der Waals surface area contributed by atoms with E-state index in [1.54, 1.807) is 17.0 Å². The first-order valence-corrected chi connectivity index (χ1v) is 5.60. The maximum Gasteiger partial charge on any atom is 0.261 e. The zero-order chi connectivity index (χ0) is 12.4. The van der Waals surface area contributed by atoms with E-state index in [1.807, 2.05) is 38.1 Å². The van der Waals surface area contributed by atoms with Gasteiger partial charge in [-0.25, -0.2) is 0 Å². The van der Waals surface area contributed by atoms with E-state index >= 15 is 0 Å². The van der Waals surface area contributed by atoms with Gasteiger partial charge in [0.25, 0.3) is 5.91 Å². The minimum Gasteiger partial charge on any atom is -0.326 e. The standard InChI is InChI=1S/C14H16N2O/c1-10-3-4-13(7-11(10)2)14(17)16-6-5-12(8-15)9-16/h3-7,9H,8,15H2,1-2H3. The highest BCUT2D eigenvalue weighted by molar-refractivity contribution is 5.96. The molecule has 0 amide bonds. The van der Waals surface area contributed by atoms with Crippen LogP contribution in [0.5, 0.6) is 0 Å². The van der Waals surface area contributed by atoms with Gasteiger partial charge >= 0.3 is 0 Å². The highest BCUT2D eigenvalue weighted by Gasteiger charge is 2.09. The summed E-state index contributed by atoms with van der Waals surface area (Å²) in [6.45, 7) is 4.49. The molecule has 2 N–H and O–H groups in total. The number of benzene rings is 1. The predicted octanol–water partition coefficient (Wildman–Crippen LogP) is 2.25. The summed E-state index contributed by atoms with van der Waals surface area (Å²) in [4.78, 5) is 12.2. The lowest BCUT2D eigenvalue weighted by molar-refractivity contribution is 0.0960. The van der Waals surface area contributed by atoms with E-state index in [4.69, 9.17) is 5.73 Å². The minimum atomic E-state index is -0.0206. The van der Waals surface area contributed by atoms with Crippen LogP contribution < -0.4 is 5.73 Å². The molecular weight excluding hydrogens is 212 g/mol. The fourth-order valence-electron chi connectivity index (χ4n) is 1.71. The van der Waals surface area contributed by atoms with Gasteiger partial charge in [-0.15, -0.1) is 0 Å². The summed E-state index contributed by atoms with van der Waals surface area (Å²) in [6.07, 6.45) is 3.53. The summed E-state index contributed by atoms with van der Waals surface area (Å²) in [5.74, 6) is -0.0206. The van der Waals surface area contributed by atoms with Gasteiger partial charge in [0, 0.05) is 24.5 Å². The molecule has 0 aliphatic carbocycles. The van der Waals surface area contributed by atoms with Crippen molar-refractivity contribution < 1.29 is 4.79 Å². The third-order valence-corrected chi connectivity index (χ3v) is 2.98. The van der Waals surface area contributed by atoms with Gasteiger partial charge in [0.05, 0.1) is 0 Å². The first-order valence-electron chi connectivity index (χ1n) is 5.60. The largest absolute Gasteiger partial charge is 0.326 e. The molecule has 2 rings (SSSR count). The Balaban J connectivity index is 2.33. The summed E-state index contributed by atoms with van der Waals surface area (Å²) < 4.78 is 1.58. The molecule has 0 atom stereocenters. The molecule has 0 saturated carbocycles. The van der Waals surface area contributed by atoms with Crippen LogP contribution in [0.15, 0.2) is 36.7 Å². The van der Waals surface area contributed by atoms with Crippen LogP contribution >= 0.6 is 0 Å². The molecule has 3 heteroatoms. The Morgan fingerprint density at radius 1 is 1.24 bits per heavy atom. The fourth-order valence-corrected chi connectivity index (χ4v) is 1.71. The number of rotatable bonds is 2. The summed E-state index contributed by atoms with van der Waals surface area (Å²) in [5.41, 5.74) is 9.50. The molecule has 0 saturated heterocycles. The van der Waals surface area contributed by atoms with Crippen molar-refractivity contribution in [2.24, 2.45) is 5.73 Å². The Bertz CT molecular complexity index is 555. The predicted molar refractivity (Wildman–Crippen MR) is 68.0 cm³/mol. The van der Waals surface area contributed by atoms with E-state index < -0.39 is 0 Å². The maximum absolute atomic E-state index is 12.2. The van der Waals surface area contributed by atoms with E-state index in [-0.39, 0.29) is 5.91 Å². The molecule has 1 aromatic carbocycles. The van der Waals surface area contributed by atoms with Gasteiger partial charge in [-0.2, -0.15) is 0 Å². The maximum atomic E-state index is 12.2. The number of hydrogen-bond donors (Lipinski definition) is 1. The Kier molecular flexibility index (Phi) is 3.11. The van der Waals surface area contributed by atoms with Crippen LogP contribution in [0.3, 0.4) is 0 Å². The van der Waals surface area contributed by atoms with Crippen molar-refractivity contribution in [2.75, 3.05) is 0 Å². The van der Waals surface area contributed by atoms with E-state index in [0.717, 1.165) is 11.1 Å². The normalized spacial score (nSPS) is 10.5. The molecule has 0 unspecified atom stereocenters. The summed E-state index contributed by atoms with van der Waals surface area (Å²) in [6, 6.07) is 7.60. The molecule has 2 aromatic rings. The van der Waals surface area contributed by atoms with Crippen LogP contribution in [0.25, 0.3) is 0 Å². The molecule has 0 bridgehead atoms. The molecular formula is C14H16N2O. The molecule has 0 radical (unpaired) electrons. The second-order valence-corrected chi connectivity index (χ2v) is 4.24. The SMILES string of the molecule is Cc1ccc(C(=O)n2ccc(CN)c2)cc1C. The van der Waals surface area contributed by atoms with Crippen molar-refractivity contribution in [3.05, 3.63) is 58.9 Å². The van der Waals surface area contributed by atoms with Crippen molar-refractivity contribution >= 4 is 5.91 Å². The number of carbonyl (C=O) groups is 1. The average molecular weight is 228 g/mol. The lowest BCUT2D eigenvalue weighted by Gasteiger charge is -2.05. The van der Waals surface area contributed by atoms with Crippen LogP contribution in [0.2, 0.25) is 0 Å². The molecule has 0 aliphatic heterocycles. The first-order chi connectivity index (χ1) is 8.11. The molecule has 17 heavy (non-hydrogen) atoms. The van der Waals surface area contributed by atoms with Crippen LogP contribution in [0.1, 0.15) is 27.0 Å². The number of carbonyl (C=O) groups excluding carboxylic acids is 1. The van der Waals surface area contributed by atoms with Gasteiger partial charge in [0.15, 0.2) is 0 Å². The fraction of sp³-hybridized carbons (Fsp3) is 0.214. The lowest BCUT2D eigenvalue weighted by Crippen LogP contribution is -2.10. The highest BCUT2D eigenvalue weighted by atomic mass is 16.2. The van der Waals surface area contributed by atoms with Crippen LogP contribution in [-0.2, 0) is 6.54 Å². The minimum absolute atomic E-state index is 0.0206. The second kappa shape index (κ2) is 4.55. The number of aromatic nitrogens is 1. The van der Waals surface area contributed by atoms with Crippen molar-refractivity contribution in [1.82, 2.24) is 4.57 Å². The Hall–Kier alpha value is -1.87. The van der Waals surface area contributed by atoms with Crippen LogP contribution in [0, 0.1) is 13.8 Å². The number of aryl methyl sites for hydroxylation is 2. The van der Waals surface area contributed by atoms with Gasteiger partial charge in [-0.05, 0) is 48.7 Å². The van der Waals surface area contributed by atoms with Crippen LogP contribution in [-0.4, -0.2) is 10.5 Å². The molecule has 1 heterocycles. The van der Waals surface area contributed by atoms with Gasteiger partial charge in [0.1, 0.15) is 0 Å². The summed E-state index contributed by atoms with van der Waals surface area (Å²) >= 11 is 0. The third-order valence-electron chi connectivity index (χ3n) is 2.98. The van der Waals surface area contributed by atoms with Gasteiger partial charge in [0.2, 0.25) is 0 Å². The van der Waals surface area contributed by atoms with Crippen molar-refractivity contribution in [3.63, 3.8) is 0 Å². The second-order valence-electron chi connectivity index (χ2n) is 4.24. The zero-order valence-corrected chi connectivity index (χ0v) is 10.1. The Morgan fingerprint density at radius 3 is 2.59 bits per heavy atom. The van der Waals surface area contributed by atoms with E-state index in [0.29, 0.717) is 12.1 Å².